The number of benzene rings is 2. The molecule has 0 bridgehead atoms. The Kier molecular flexibility index (Phi) is 5.59. The van der Waals surface area contributed by atoms with Crippen LogP contribution in [-0.2, 0) is 16.6 Å². The molecule has 2 aromatic carbocycles. The van der Waals surface area contributed by atoms with Crippen molar-refractivity contribution in [3.63, 3.8) is 0 Å². The molecule has 146 valence electrons. The molecule has 0 spiro atoms. The number of halogens is 1. The van der Waals surface area contributed by atoms with Gasteiger partial charge in [0.15, 0.2) is 5.03 Å². The molecule has 0 aliphatic rings. The number of nitrogens with zero attached hydrogens (tertiary/aromatic N) is 1. The van der Waals surface area contributed by atoms with Crippen molar-refractivity contribution < 1.29 is 22.3 Å². The van der Waals surface area contributed by atoms with Gasteiger partial charge in [0.05, 0.1) is 18.9 Å². The lowest BCUT2D eigenvalue weighted by Gasteiger charge is -2.09. The average molecular weight is 404 g/mol. The van der Waals surface area contributed by atoms with Crippen LogP contribution in [0.25, 0.3) is 0 Å². The van der Waals surface area contributed by atoms with E-state index in [1.807, 2.05) is 0 Å². The molecular weight excluding hydrogens is 387 g/mol. The molecule has 0 aliphatic heterocycles. The third-order valence-corrected chi connectivity index (χ3v) is 5.21. The number of hydrogen-bond donors (Lipinski definition) is 3. The summed E-state index contributed by atoms with van der Waals surface area (Å²) < 4.78 is 46.3. The van der Waals surface area contributed by atoms with E-state index >= 15 is 0 Å². The number of H-pyrrole nitrogens is 1. The van der Waals surface area contributed by atoms with E-state index in [0.717, 1.165) is 6.20 Å². The quantitative estimate of drug-likeness (QED) is 0.559. The van der Waals surface area contributed by atoms with Crippen molar-refractivity contribution in [3.8, 4) is 5.75 Å². The zero-order valence-electron chi connectivity index (χ0n) is 14.8. The molecule has 28 heavy (non-hydrogen) atoms. The molecule has 0 saturated carbocycles. The van der Waals surface area contributed by atoms with Crippen LogP contribution in [0.5, 0.6) is 5.75 Å². The molecule has 0 radical (unpaired) electrons. The van der Waals surface area contributed by atoms with Crippen molar-refractivity contribution in [1.82, 2.24) is 15.5 Å². The Morgan fingerprint density at radius 2 is 1.89 bits per heavy atom. The molecule has 0 atom stereocenters. The molecule has 1 aromatic heterocycles. The molecule has 0 fully saturated rings. The molecule has 3 rings (SSSR count). The number of methoxy groups -OCH3 is 1. The van der Waals surface area contributed by atoms with Gasteiger partial charge in [-0.15, -0.1) is 0 Å². The van der Waals surface area contributed by atoms with Crippen LogP contribution in [0, 0.1) is 5.82 Å². The molecule has 8 nitrogen and oxygen atoms in total. The molecule has 1 amide bonds. The van der Waals surface area contributed by atoms with Gasteiger partial charge in [0.25, 0.3) is 15.9 Å². The van der Waals surface area contributed by atoms with E-state index in [1.165, 1.54) is 37.4 Å². The zero-order valence-corrected chi connectivity index (χ0v) is 15.6. The fraction of sp³-hybridized carbons (Fsp3) is 0.111. The number of anilines is 1. The molecule has 0 saturated heterocycles. The van der Waals surface area contributed by atoms with Gasteiger partial charge in [0, 0.05) is 17.8 Å². The van der Waals surface area contributed by atoms with Gasteiger partial charge in [-0.1, -0.05) is 18.2 Å². The number of amides is 1. The number of carbonyl (C=O) groups excluding carboxylic acids is 1. The predicted molar refractivity (Wildman–Crippen MR) is 100.0 cm³/mol. The van der Waals surface area contributed by atoms with E-state index in [2.05, 4.69) is 20.2 Å². The molecule has 10 heteroatoms. The molecule has 0 unspecified atom stereocenters. The summed E-state index contributed by atoms with van der Waals surface area (Å²) in [5, 5.41) is 8.06. The van der Waals surface area contributed by atoms with Crippen LogP contribution >= 0.6 is 0 Å². The summed E-state index contributed by atoms with van der Waals surface area (Å²) in [6.45, 7) is -0.0952. The van der Waals surface area contributed by atoms with Gasteiger partial charge in [-0.2, -0.15) is 13.5 Å². The maximum atomic E-state index is 13.7. The predicted octanol–water partition coefficient (Wildman–Crippen LogP) is 2.29. The van der Waals surface area contributed by atoms with E-state index in [-0.39, 0.29) is 23.4 Å². The average Bonchev–Trinajstić information content (AvgIpc) is 3.18. The largest absolute Gasteiger partial charge is 0.497 e. The Labute approximate surface area is 160 Å². The molecule has 3 aromatic rings. The lowest BCUT2D eigenvalue weighted by molar-refractivity contribution is 0.0947. The number of hydrogen-bond acceptors (Lipinski definition) is 5. The summed E-state index contributed by atoms with van der Waals surface area (Å²) in [7, 11) is -2.60. The van der Waals surface area contributed by atoms with Crippen molar-refractivity contribution >= 4 is 21.6 Å². The Balaban J connectivity index is 1.75. The summed E-state index contributed by atoms with van der Waals surface area (Å²) in [5.41, 5.74) is 0.380. The number of aromatic nitrogens is 2. The van der Waals surface area contributed by atoms with Gasteiger partial charge in [-0.05, 0) is 30.3 Å². The minimum atomic E-state index is -4.10. The summed E-state index contributed by atoms with van der Waals surface area (Å²) in [4.78, 5) is 12.4. The molecule has 3 N–H and O–H groups in total. The van der Waals surface area contributed by atoms with Crippen LogP contribution in [0.1, 0.15) is 15.9 Å². The number of ether oxygens (including phenoxy) is 1. The van der Waals surface area contributed by atoms with Crippen LogP contribution < -0.4 is 14.8 Å². The molecular formula is C18H17FN4O4S. The Morgan fingerprint density at radius 3 is 2.57 bits per heavy atom. The fourth-order valence-electron chi connectivity index (χ4n) is 2.42. The van der Waals surface area contributed by atoms with Gasteiger partial charge in [-0.3, -0.25) is 14.6 Å². The first-order chi connectivity index (χ1) is 13.4. The third-order valence-electron chi connectivity index (χ3n) is 3.86. The highest BCUT2D eigenvalue weighted by Gasteiger charge is 2.25. The van der Waals surface area contributed by atoms with E-state index < -0.39 is 26.8 Å². The second kappa shape index (κ2) is 8.09. The summed E-state index contributed by atoms with van der Waals surface area (Å²) in [5.74, 6) is -0.603. The molecule has 0 aliphatic carbocycles. The lowest BCUT2D eigenvalue weighted by atomic mass is 10.2. The van der Waals surface area contributed by atoms with Gasteiger partial charge < -0.3 is 10.1 Å². The topological polar surface area (TPSA) is 113 Å². The van der Waals surface area contributed by atoms with Crippen LogP contribution in [0.2, 0.25) is 0 Å². The second-order valence-electron chi connectivity index (χ2n) is 5.72. The first-order valence-corrected chi connectivity index (χ1v) is 9.61. The van der Waals surface area contributed by atoms with E-state index in [9.17, 15) is 17.6 Å². The van der Waals surface area contributed by atoms with Gasteiger partial charge in [0.1, 0.15) is 11.6 Å². The normalized spacial score (nSPS) is 11.1. The van der Waals surface area contributed by atoms with Crippen LogP contribution in [0.15, 0.2) is 59.8 Å². The second-order valence-corrected chi connectivity index (χ2v) is 7.34. The van der Waals surface area contributed by atoms with Gasteiger partial charge in [0.2, 0.25) is 0 Å². The number of nitrogens with one attached hydrogen (secondary N) is 3. The summed E-state index contributed by atoms with van der Waals surface area (Å²) in [6.07, 6.45) is 1.10. The van der Waals surface area contributed by atoms with Crippen LogP contribution in [-0.4, -0.2) is 31.6 Å². The first kappa shape index (κ1) is 19.4. The standard InChI is InChI=1S/C18H17FN4O4S/c1-27-14-8-6-13(7-9-14)23-28(25,26)18-15(11-21-22-18)17(24)20-10-12-4-2-3-5-16(12)19/h2-9,11,23H,10H2,1H3,(H,20,24)(H,21,22). The maximum Gasteiger partial charge on any atom is 0.279 e. The Morgan fingerprint density at radius 1 is 1.18 bits per heavy atom. The van der Waals surface area contributed by atoms with Crippen molar-refractivity contribution in [2.45, 2.75) is 11.6 Å². The van der Waals surface area contributed by atoms with Crippen molar-refractivity contribution in [1.29, 1.82) is 0 Å². The molecule has 1 heterocycles. The number of rotatable bonds is 7. The maximum absolute atomic E-state index is 13.7. The van der Waals surface area contributed by atoms with Crippen LogP contribution in [0.4, 0.5) is 10.1 Å². The first-order valence-electron chi connectivity index (χ1n) is 8.12. The minimum absolute atomic E-state index is 0.0952. The lowest BCUT2D eigenvalue weighted by Crippen LogP contribution is -2.26. The SMILES string of the molecule is COc1ccc(NS(=O)(=O)c2[nH]ncc2C(=O)NCc2ccccc2F)cc1. The van der Waals surface area contributed by atoms with Gasteiger partial charge in [-0.25, -0.2) is 4.39 Å². The highest BCUT2D eigenvalue weighted by atomic mass is 32.2. The van der Waals surface area contributed by atoms with E-state index in [1.54, 1.807) is 18.2 Å². The van der Waals surface area contributed by atoms with Crippen molar-refractivity contribution in [2.24, 2.45) is 0 Å². The number of sulfonamides is 1. The zero-order chi connectivity index (χ0) is 20.1. The number of aromatic amines is 1. The minimum Gasteiger partial charge on any atom is -0.497 e. The fourth-order valence-corrected chi connectivity index (χ4v) is 3.57. The highest BCUT2D eigenvalue weighted by Crippen LogP contribution is 2.20. The highest BCUT2D eigenvalue weighted by molar-refractivity contribution is 7.92. The van der Waals surface area contributed by atoms with E-state index in [4.69, 9.17) is 4.74 Å². The van der Waals surface area contributed by atoms with Crippen molar-refractivity contribution in [2.75, 3.05) is 11.8 Å². The number of carbonyl (C=O) groups is 1. The monoisotopic (exact) mass is 404 g/mol. The Bertz CT molecular complexity index is 1080. The van der Waals surface area contributed by atoms with Crippen molar-refractivity contribution in [3.05, 3.63) is 71.7 Å². The summed E-state index contributed by atoms with van der Waals surface area (Å²) in [6, 6.07) is 12.2. The smallest absolute Gasteiger partial charge is 0.279 e. The van der Waals surface area contributed by atoms with E-state index in [0.29, 0.717) is 5.75 Å². The Hall–Kier alpha value is -3.40. The summed E-state index contributed by atoms with van der Waals surface area (Å²) >= 11 is 0. The third kappa shape index (κ3) is 4.29. The van der Waals surface area contributed by atoms with Crippen LogP contribution in [0.3, 0.4) is 0 Å². The van der Waals surface area contributed by atoms with Gasteiger partial charge >= 0.3 is 0 Å².